The lowest BCUT2D eigenvalue weighted by atomic mass is 9.67. The van der Waals surface area contributed by atoms with Crippen molar-refractivity contribution in [3.05, 3.63) is 41.7 Å². The van der Waals surface area contributed by atoms with Gasteiger partial charge in [0, 0.05) is 30.7 Å². The fourth-order valence-electron chi connectivity index (χ4n) is 3.37. The standard InChI is InChI=1S/C17H21NO3/c1-12-5-6-17(10-20-13(2)19)8-15(12)16(21-11-17)14-4-3-7-18-9-14/h3-5,7,9,15-16H,6,8,10-11H2,1-2H3/t15-,16-,17+/m0/s1. The van der Waals surface area contributed by atoms with E-state index in [0.717, 1.165) is 18.4 Å². The highest BCUT2D eigenvalue weighted by Crippen LogP contribution is 2.50. The molecule has 1 fully saturated rings. The average Bonchev–Trinajstić information content (AvgIpc) is 2.51. The normalized spacial score (nSPS) is 31.4. The number of pyridine rings is 1. The van der Waals surface area contributed by atoms with Crippen molar-refractivity contribution in [2.45, 2.75) is 32.8 Å². The Morgan fingerprint density at radius 3 is 3.14 bits per heavy atom. The van der Waals surface area contributed by atoms with E-state index in [1.54, 1.807) is 6.20 Å². The largest absolute Gasteiger partial charge is 0.465 e. The predicted molar refractivity (Wildman–Crippen MR) is 78.5 cm³/mol. The summed E-state index contributed by atoms with van der Waals surface area (Å²) in [6, 6.07) is 4.01. The molecule has 0 unspecified atom stereocenters. The van der Waals surface area contributed by atoms with E-state index in [1.807, 2.05) is 12.3 Å². The zero-order chi connectivity index (χ0) is 14.9. The summed E-state index contributed by atoms with van der Waals surface area (Å²) in [5.41, 5.74) is 2.43. The van der Waals surface area contributed by atoms with E-state index in [1.165, 1.54) is 12.5 Å². The third-order valence-electron chi connectivity index (χ3n) is 4.62. The molecule has 1 aromatic heterocycles. The quantitative estimate of drug-likeness (QED) is 0.633. The van der Waals surface area contributed by atoms with Gasteiger partial charge in [-0.2, -0.15) is 0 Å². The minimum atomic E-state index is -0.221. The molecule has 0 radical (unpaired) electrons. The molecule has 21 heavy (non-hydrogen) atoms. The maximum Gasteiger partial charge on any atom is 0.302 e. The number of nitrogens with zero attached hydrogens (tertiary/aromatic N) is 1. The summed E-state index contributed by atoms with van der Waals surface area (Å²) < 4.78 is 11.4. The van der Waals surface area contributed by atoms with Crippen molar-refractivity contribution in [3.63, 3.8) is 0 Å². The molecule has 2 aliphatic rings. The molecule has 0 N–H and O–H groups in total. The van der Waals surface area contributed by atoms with Gasteiger partial charge < -0.3 is 9.47 Å². The van der Waals surface area contributed by atoms with Crippen molar-refractivity contribution in [2.75, 3.05) is 13.2 Å². The number of aromatic nitrogens is 1. The lowest BCUT2D eigenvalue weighted by Crippen LogP contribution is -2.44. The van der Waals surface area contributed by atoms with Gasteiger partial charge in [-0.05, 0) is 31.4 Å². The van der Waals surface area contributed by atoms with Crippen molar-refractivity contribution >= 4 is 5.97 Å². The van der Waals surface area contributed by atoms with Crippen molar-refractivity contribution in [3.8, 4) is 0 Å². The minimum Gasteiger partial charge on any atom is -0.465 e. The Balaban J connectivity index is 1.81. The zero-order valence-corrected chi connectivity index (χ0v) is 12.5. The van der Waals surface area contributed by atoms with Gasteiger partial charge in [-0.25, -0.2) is 0 Å². The van der Waals surface area contributed by atoms with Crippen LogP contribution in [0.5, 0.6) is 0 Å². The van der Waals surface area contributed by atoms with Crippen LogP contribution in [0.2, 0.25) is 0 Å². The highest BCUT2D eigenvalue weighted by Gasteiger charge is 2.45. The molecule has 2 bridgehead atoms. The Hall–Kier alpha value is -1.68. The van der Waals surface area contributed by atoms with Gasteiger partial charge in [0.25, 0.3) is 0 Å². The molecule has 0 amide bonds. The van der Waals surface area contributed by atoms with Crippen molar-refractivity contribution in [1.29, 1.82) is 0 Å². The third-order valence-corrected chi connectivity index (χ3v) is 4.62. The first kappa shape index (κ1) is 14.3. The SMILES string of the molecule is CC(=O)OC[C@@]12CC=C(C)[C@H](C1)[C@H](c1cccnc1)OC2. The van der Waals surface area contributed by atoms with Crippen molar-refractivity contribution in [1.82, 2.24) is 4.98 Å². The minimum absolute atomic E-state index is 0.0562. The Morgan fingerprint density at radius 1 is 1.57 bits per heavy atom. The molecule has 0 aromatic carbocycles. The number of rotatable bonds is 3. The molecule has 1 aliphatic heterocycles. The van der Waals surface area contributed by atoms with Crippen molar-refractivity contribution < 1.29 is 14.3 Å². The number of carbonyl (C=O) groups is 1. The van der Waals surface area contributed by atoms with Crippen molar-refractivity contribution in [2.24, 2.45) is 11.3 Å². The maximum atomic E-state index is 11.1. The Morgan fingerprint density at radius 2 is 2.43 bits per heavy atom. The molecule has 1 saturated heterocycles. The summed E-state index contributed by atoms with van der Waals surface area (Å²) in [5.74, 6) is 0.119. The van der Waals surface area contributed by atoms with Crippen LogP contribution in [-0.4, -0.2) is 24.2 Å². The molecule has 4 nitrogen and oxygen atoms in total. The summed E-state index contributed by atoms with van der Waals surface area (Å²) in [5, 5.41) is 0. The van der Waals surface area contributed by atoms with Gasteiger partial charge in [0.15, 0.2) is 0 Å². The van der Waals surface area contributed by atoms with Gasteiger partial charge in [-0.15, -0.1) is 0 Å². The third kappa shape index (κ3) is 2.86. The smallest absolute Gasteiger partial charge is 0.302 e. The molecular formula is C17H21NO3. The first-order valence-corrected chi connectivity index (χ1v) is 7.41. The van der Waals surface area contributed by atoms with Gasteiger partial charge in [-0.3, -0.25) is 9.78 Å². The van der Waals surface area contributed by atoms with E-state index in [9.17, 15) is 4.79 Å². The highest BCUT2D eigenvalue weighted by molar-refractivity contribution is 5.65. The zero-order valence-electron chi connectivity index (χ0n) is 12.5. The van der Waals surface area contributed by atoms with E-state index >= 15 is 0 Å². The topological polar surface area (TPSA) is 48.4 Å². The fourth-order valence-corrected chi connectivity index (χ4v) is 3.37. The molecule has 2 heterocycles. The Labute approximate surface area is 125 Å². The number of hydrogen-bond acceptors (Lipinski definition) is 4. The van der Waals surface area contributed by atoms with Crippen LogP contribution in [0.4, 0.5) is 0 Å². The molecule has 3 rings (SSSR count). The van der Waals surface area contributed by atoms with Crippen LogP contribution in [-0.2, 0) is 14.3 Å². The molecule has 4 heteroatoms. The number of allylic oxidation sites excluding steroid dienone is 1. The van der Waals surface area contributed by atoms with Gasteiger partial charge in [-0.1, -0.05) is 17.7 Å². The van der Waals surface area contributed by atoms with Crippen LogP contribution < -0.4 is 0 Å². The first-order chi connectivity index (χ1) is 10.1. The molecule has 3 atom stereocenters. The summed E-state index contributed by atoms with van der Waals surface area (Å²) >= 11 is 0. The number of hydrogen-bond donors (Lipinski definition) is 0. The lowest BCUT2D eigenvalue weighted by molar-refractivity contribution is -0.156. The highest BCUT2D eigenvalue weighted by atomic mass is 16.5. The van der Waals surface area contributed by atoms with Crippen LogP contribution >= 0.6 is 0 Å². The predicted octanol–water partition coefficient (Wildman–Crippen LogP) is 3.06. The summed E-state index contributed by atoms with van der Waals surface area (Å²) in [7, 11) is 0. The van der Waals surface area contributed by atoms with Crippen LogP contribution in [0.1, 0.15) is 38.4 Å². The second-order valence-corrected chi connectivity index (χ2v) is 6.26. The molecule has 1 aromatic rings. The number of esters is 1. The molecule has 1 aliphatic carbocycles. The molecule has 112 valence electrons. The van der Waals surface area contributed by atoms with E-state index in [0.29, 0.717) is 19.1 Å². The van der Waals surface area contributed by atoms with Crippen LogP contribution in [0.15, 0.2) is 36.2 Å². The van der Waals surface area contributed by atoms with Crippen LogP contribution in [0, 0.1) is 11.3 Å². The van der Waals surface area contributed by atoms with E-state index < -0.39 is 0 Å². The summed E-state index contributed by atoms with van der Waals surface area (Å²) in [6.45, 7) is 4.70. The number of ether oxygens (including phenoxy) is 2. The van der Waals surface area contributed by atoms with Gasteiger partial charge in [0.2, 0.25) is 0 Å². The maximum absolute atomic E-state index is 11.1. The number of fused-ring (bicyclic) bond motifs is 2. The monoisotopic (exact) mass is 287 g/mol. The fraction of sp³-hybridized carbons (Fsp3) is 0.529. The van der Waals surface area contributed by atoms with Gasteiger partial charge >= 0.3 is 5.97 Å². The lowest BCUT2D eigenvalue weighted by Gasteiger charge is -2.47. The van der Waals surface area contributed by atoms with Gasteiger partial charge in [0.1, 0.15) is 0 Å². The van der Waals surface area contributed by atoms with Crippen LogP contribution in [0.3, 0.4) is 0 Å². The van der Waals surface area contributed by atoms with Gasteiger partial charge in [0.05, 0.1) is 19.3 Å². The van der Waals surface area contributed by atoms with E-state index in [4.69, 9.17) is 9.47 Å². The second kappa shape index (κ2) is 5.60. The second-order valence-electron chi connectivity index (χ2n) is 6.26. The average molecular weight is 287 g/mol. The summed E-state index contributed by atoms with van der Waals surface area (Å²) in [6.07, 6.45) is 7.92. The summed E-state index contributed by atoms with van der Waals surface area (Å²) in [4.78, 5) is 15.3. The van der Waals surface area contributed by atoms with E-state index in [2.05, 4.69) is 24.1 Å². The Kier molecular flexibility index (Phi) is 3.81. The Bertz CT molecular complexity index is 554. The molecule has 0 spiro atoms. The van der Waals surface area contributed by atoms with E-state index in [-0.39, 0.29) is 17.5 Å². The first-order valence-electron chi connectivity index (χ1n) is 7.41. The molecular weight excluding hydrogens is 266 g/mol. The number of carbonyl (C=O) groups excluding carboxylic acids is 1. The van der Waals surface area contributed by atoms with Crippen LogP contribution in [0.25, 0.3) is 0 Å². The molecule has 0 saturated carbocycles.